The molecule has 2 bridgehead atoms. The van der Waals surface area contributed by atoms with Crippen molar-refractivity contribution in [3.05, 3.63) is 36.3 Å². The third-order valence-corrected chi connectivity index (χ3v) is 6.28. The number of furan rings is 1. The van der Waals surface area contributed by atoms with Gasteiger partial charge in [0.05, 0.1) is 18.4 Å². The largest absolute Gasteiger partial charge is 0.472 e. The zero-order valence-corrected chi connectivity index (χ0v) is 13.0. The molecule has 6 rings (SSSR count). The average molecular weight is 330 g/mol. The number of carbonyl (C=O) groups excluding carboxylic acids is 2. The van der Waals surface area contributed by atoms with Crippen LogP contribution in [0.25, 0.3) is 0 Å². The van der Waals surface area contributed by atoms with Gasteiger partial charge in [0.1, 0.15) is 12.2 Å². The molecule has 5 aliphatic rings. The average Bonchev–Trinajstić information content (AvgIpc) is 3.10. The number of aliphatic hydroxyl groups is 1. The Hall–Kier alpha value is -2.08. The Morgan fingerprint density at radius 1 is 1.21 bits per heavy atom. The van der Waals surface area contributed by atoms with E-state index in [4.69, 9.17) is 13.9 Å². The molecule has 24 heavy (non-hydrogen) atoms. The molecule has 1 saturated carbocycles. The number of hydrogen-bond donors (Lipinski definition) is 1. The lowest BCUT2D eigenvalue weighted by Crippen LogP contribution is -2.64. The summed E-state index contributed by atoms with van der Waals surface area (Å²) in [5.74, 6) is -1.15. The van der Waals surface area contributed by atoms with Gasteiger partial charge in [-0.15, -0.1) is 0 Å². The minimum absolute atomic E-state index is 0.0273. The van der Waals surface area contributed by atoms with Crippen LogP contribution in [0.1, 0.15) is 30.9 Å². The first-order valence-electron chi connectivity index (χ1n) is 8.43. The summed E-state index contributed by atoms with van der Waals surface area (Å²) in [6.45, 7) is 0. The van der Waals surface area contributed by atoms with E-state index in [1.54, 1.807) is 30.7 Å². The molecule has 3 aliphatic heterocycles. The van der Waals surface area contributed by atoms with E-state index in [9.17, 15) is 14.7 Å². The Balaban J connectivity index is 1.51. The topological polar surface area (TPSA) is 86.0 Å². The van der Waals surface area contributed by atoms with Crippen LogP contribution in [0.4, 0.5) is 0 Å². The van der Waals surface area contributed by atoms with E-state index < -0.39 is 11.6 Å². The second-order valence-electron chi connectivity index (χ2n) is 7.30. The molecular formula is C18H18O6. The summed E-state index contributed by atoms with van der Waals surface area (Å²) in [6, 6.07) is 1.80. The molecule has 7 atom stereocenters. The maximum Gasteiger partial charge on any atom is 0.343 e. The van der Waals surface area contributed by atoms with Crippen molar-refractivity contribution in [3.63, 3.8) is 0 Å². The van der Waals surface area contributed by atoms with Gasteiger partial charge < -0.3 is 19.0 Å². The molecule has 0 aromatic carbocycles. The first-order chi connectivity index (χ1) is 11.6. The first kappa shape index (κ1) is 14.3. The van der Waals surface area contributed by atoms with E-state index in [1.165, 1.54) is 0 Å². The predicted molar refractivity (Wildman–Crippen MR) is 79.3 cm³/mol. The zero-order valence-electron chi connectivity index (χ0n) is 13.0. The Morgan fingerprint density at radius 3 is 2.83 bits per heavy atom. The summed E-state index contributed by atoms with van der Waals surface area (Å²) < 4.78 is 16.2. The van der Waals surface area contributed by atoms with Gasteiger partial charge in [-0.1, -0.05) is 0 Å². The lowest BCUT2D eigenvalue weighted by Gasteiger charge is -2.56. The standard InChI is InChI=1S/C18H18O6/c19-16-10-1-2-12-15(13-3-5-18(12,21)17(20)24-13)11(10)7-14(23-16)9-4-6-22-8-9/h3-6,8,10-15,21H,1-2,7H2/t10-,11-,12-,13+,14+,15-,18+/m1/s1. The zero-order chi connectivity index (χ0) is 16.5. The summed E-state index contributed by atoms with van der Waals surface area (Å²) in [6.07, 6.45) is 7.74. The van der Waals surface area contributed by atoms with Crippen LogP contribution < -0.4 is 0 Å². The van der Waals surface area contributed by atoms with Crippen LogP contribution in [0.2, 0.25) is 0 Å². The molecular weight excluding hydrogens is 312 g/mol. The molecule has 0 amide bonds. The highest BCUT2D eigenvalue weighted by molar-refractivity contribution is 5.85. The molecule has 1 aromatic rings. The van der Waals surface area contributed by atoms with Gasteiger partial charge in [0, 0.05) is 17.4 Å². The smallest absolute Gasteiger partial charge is 0.343 e. The molecule has 6 heteroatoms. The van der Waals surface area contributed by atoms with Crippen molar-refractivity contribution in [2.75, 3.05) is 0 Å². The lowest BCUT2D eigenvalue weighted by atomic mass is 9.55. The summed E-state index contributed by atoms with van der Waals surface area (Å²) in [5, 5.41) is 10.8. The number of fused-ring (bicyclic) bond motifs is 2. The van der Waals surface area contributed by atoms with E-state index in [2.05, 4.69) is 0 Å². The summed E-state index contributed by atoms with van der Waals surface area (Å²) >= 11 is 0. The Morgan fingerprint density at radius 2 is 2.08 bits per heavy atom. The Bertz CT molecular complexity index is 722. The minimum atomic E-state index is -1.54. The molecule has 0 unspecified atom stereocenters. The van der Waals surface area contributed by atoms with Crippen LogP contribution in [-0.2, 0) is 19.1 Å². The van der Waals surface area contributed by atoms with Gasteiger partial charge in [0.2, 0.25) is 0 Å². The highest BCUT2D eigenvalue weighted by Gasteiger charge is 2.63. The van der Waals surface area contributed by atoms with Crippen LogP contribution in [-0.4, -0.2) is 28.8 Å². The van der Waals surface area contributed by atoms with Crippen LogP contribution in [0.5, 0.6) is 0 Å². The minimum Gasteiger partial charge on any atom is -0.472 e. The molecule has 126 valence electrons. The maximum absolute atomic E-state index is 12.5. The van der Waals surface area contributed by atoms with E-state index in [1.807, 2.05) is 0 Å². The molecule has 2 saturated heterocycles. The van der Waals surface area contributed by atoms with Crippen LogP contribution in [0, 0.1) is 23.7 Å². The molecule has 0 radical (unpaired) electrons. The normalized spacial score (nSPS) is 46.0. The van der Waals surface area contributed by atoms with Gasteiger partial charge in [0.15, 0.2) is 5.60 Å². The fourth-order valence-corrected chi connectivity index (χ4v) is 5.17. The summed E-state index contributed by atoms with van der Waals surface area (Å²) in [4.78, 5) is 24.6. The molecule has 3 fully saturated rings. The van der Waals surface area contributed by atoms with Crippen LogP contribution in [0.3, 0.4) is 0 Å². The second-order valence-corrected chi connectivity index (χ2v) is 7.30. The monoisotopic (exact) mass is 330 g/mol. The van der Waals surface area contributed by atoms with E-state index in [0.29, 0.717) is 19.3 Å². The van der Waals surface area contributed by atoms with Crippen LogP contribution in [0.15, 0.2) is 35.2 Å². The van der Waals surface area contributed by atoms with Gasteiger partial charge in [0.25, 0.3) is 0 Å². The molecule has 0 spiro atoms. The fourth-order valence-electron chi connectivity index (χ4n) is 5.17. The molecule has 1 aromatic heterocycles. The number of rotatable bonds is 1. The highest BCUT2D eigenvalue weighted by Crippen LogP contribution is 2.56. The number of ether oxygens (including phenoxy) is 2. The van der Waals surface area contributed by atoms with Crippen molar-refractivity contribution in [3.8, 4) is 0 Å². The Labute approximate surface area is 138 Å². The summed E-state index contributed by atoms with van der Waals surface area (Å²) in [7, 11) is 0. The Kier molecular flexibility index (Phi) is 2.81. The molecule has 4 heterocycles. The number of esters is 2. The van der Waals surface area contributed by atoms with Gasteiger partial charge in [-0.05, 0) is 43.4 Å². The van der Waals surface area contributed by atoms with Crippen molar-refractivity contribution in [2.24, 2.45) is 23.7 Å². The van der Waals surface area contributed by atoms with E-state index in [0.717, 1.165) is 5.56 Å². The van der Waals surface area contributed by atoms with Gasteiger partial charge >= 0.3 is 11.9 Å². The van der Waals surface area contributed by atoms with Crippen molar-refractivity contribution >= 4 is 11.9 Å². The van der Waals surface area contributed by atoms with E-state index >= 15 is 0 Å². The predicted octanol–water partition coefficient (Wildman–Crippen LogP) is 1.75. The summed E-state index contributed by atoms with van der Waals surface area (Å²) in [5.41, 5.74) is -0.701. The number of hydrogen-bond acceptors (Lipinski definition) is 6. The van der Waals surface area contributed by atoms with Crippen LogP contribution >= 0.6 is 0 Å². The second kappa shape index (κ2) is 4.72. The van der Waals surface area contributed by atoms with Gasteiger partial charge in [-0.3, -0.25) is 4.79 Å². The van der Waals surface area contributed by atoms with Gasteiger partial charge in [-0.25, -0.2) is 4.79 Å². The maximum atomic E-state index is 12.5. The first-order valence-corrected chi connectivity index (χ1v) is 8.43. The van der Waals surface area contributed by atoms with Gasteiger partial charge in [-0.2, -0.15) is 0 Å². The number of cyclic esters (lactones) is 1. The molecule has 1 N–H and O–H groups in total. The SMILES string of the molecule is O=C1O[C@H](c2ccoc2)C[C@H]2[C@H]3[C@@H]4C=C[C@@](O)(C(=O)O4)[C@@H]3CC[C@@H]12. The third-order valence-electron chi connectivity index (χ3n) is 6.28. The fraction of sp³-hybridized carbons (Fsp3) is 0.556. The van der Waals surface area contributed by atoms with Crippen molar-refractivity contribution in [1.82, 2.24) is 0 Å². The third kappa shape index (κ3) is 1.75. The number of carbonyl (C=O) groups is 2. The van der Waals surface area contributed by atoms with Crippen molar-refractivity contribution < 1.29 is 28.6 Å². The van der Waals surface area contributed by atoms with E-state index in [-0.39, 0.29) is 41.8 Å². The lowest BCUT2D eigenvalue weighted by molar-refractivity contribution is -0.216. The molecule has 6 nitrogen and oxygen atoms in total. The quantitative estimate of drug-likeness (QED) is 0.624. The molecule has 2 aliphatic carbocycles. The van der Waals surface area contributed by atoms with Crippen molar-refractivity contribution in [2.45, 2.75) is 37.1 Å². The highest BCUT2D eigenvalue weighted by atomic mass is 16.6. The van der Waals surface area contributed by atoms with Crippen molar-refractivity contribution in [1.29, 1.82) is 0 Å².